The number of rotatable bonds is 3. The fourth-order valence-electron chi connectivity index (χ4n) is 2.44. The summed E-state index contributed by atoms with van der Waals surface area (Å²) in [6.07, 6.45) is 0. The van der Waals surface area contributed by atoms with Gasteiger partial charge in [0.1, 0.15) is 5.75 Å². The number of esters is 1. The zero-order valence-electron chi connectivity index (χ0n) is 12.5. The number of ether oxygens (including phenoxy) is 2. The first-order chi connectivity index (χ1) is 10.5. The number of thiol groups is 1. The predicted octanol–water partition coefficient (Wildman–Crippen LogP) is 2.49. The number of carbonyl (C=O) groups is 1. The molecule has 114 valence electrons. The van der Waals surface area contributed by atoms with Crippen molar-refractivity contribution in [1.82, 2.24) is 5.32 Å². The minimum Gasteiger partial charge on any atom is -0.497 e. The van der Waals surface area contributed by atoms with Gasteiger partial charge in [-0.15, -0.1) is 12.6 Å². The van der Waals surface area contributed by atoms with E-state index in [0.717, 1.165) is 5.56 Å². The van der Waals surface area contributed by atoms with E-state index in [4.69, 9.17) is 9.47 Å². The summed E-state index contributed by atoms with van der Waals surface area (Å²) in [5, 5.41) is 12.8. The van der Waals surface area contributed by atoms with Crippen LogP contribution in [0.3, 0.4) is 0 Å². The van der Waals surface area contributed by atoms with Crippen LogP contribution < -0.4 is 10.1 Å². The van der Waals surface area contributed by atoms with Crippen LogP contribution in [-0.4, -0.2) is 20.2 Å². The number of carbonyl (C=O) groups excluding carboxylic acids is 1. The van der Waals surface area contributed by atoms with Gasteiger partial charge in [-0.2, -0.15) is 5.26 Å². The summed E-state index contributed by atoms with van der Waals surface area (Å²) in [6.45, 7) is 1.76. The Bertz CT molecular complexity index is 699. The molecule has 1 heterocycles. The average molecular weight is 316 g/mol. The molecule has 0 fully saturated rings. The smallest absolute Gasteiger partial charge is 0.336 e. The highest BCUT2D eigenvalue weighted by atomic mass is 32.1. The molecule has 1 atom stereocenters. The van der Waals surface area contributed by atoms with E-state index in [9.17, 15) is 10.1 Å². The summed E-state index contributed by atoms with van der Waals surface area (Å²) in [5.41, 5.74) is 2.20. The molecule has 0 unspecified atom stereocenters. The van der Waals surface area contributed by atoms with E-state index >= 15 is 0 Å². The van der Waals surface area contributed by atoms with Gasteiger partial charge in [0.15, 0.2) is 0 Å². The van der Waals surface area contributed by atoms with E-state index in [-0.39, 0.29) is 0 Å². The maximum Gasteiger partial charge on any atom is 0.336 e. The normalized spacial score (nSPS) is 17.7. The lowest BCUT2D eigenvalue weighted by molar-refractivity contribution is -0.136. The van der Waals surface area contributed by atoms with Crippen molar-refractivity contribution in [2.45, 2.75) is 12.8 Å². The Morgan fingerprint density at radius 2 is 1.95 bits per heavy atom. The fraction of sp³-hybridized carbons (Fsp3) is 0.250. The number of allylic oxidation sites excluding steroid dienone is 2. The second-order valence-corrected chi connectivity index (χ2v) is 5.18. The van der Waals surface area contributed by atoms with Crippen molar-refractivity contribution in [3.63, 3.8) is 0 Å². The first kappa shape index (κ1) is 16.0. The molecule has 1 aromatic rings. The third-order valence-corrected chi connectivity index (χ3v) is 3.87. The highest BCUT2D eigenvalue weighted by Gasteiger charge is 2.34. The number of dihydropyridines is 1. The molecule has 22 heavy (non-hydrogen) atoms. The van der Waals surface area contributed by atoms with Crippen molar-refractivity contribution in [2.24, 2.45) is 0 Å². The van der Waals surface area contributed by atoms with Crippen LogP contribution in [0.15, 0.2) is 46.1 Å². The molecular weight excluding hydrogens is 300 g/mol. The van der Waals surface area contributed by atoms with Crippen molar-refractivity contribution in [3.05, 3.63) is 51.7 Å². The molecule has 0 bridgehead atoms. The van der Waals surface area contributed by atoms with Gasteiger partial charge in [0.2, 0.25) is 0 Å². The highest BCUT2D eigenvalue weighted by molar-refractivity contribution is 7.84. The third kappa shape index (κ3) is 2.81. The fourth-order valence-corrected chi connectivity index (χ4v) is 2.78. The van der Waals surface area contributed by atoms with E-state index in [0.29, 0.717) is 27.6 Å². The molecule has 1 N–H and O–H groups in total. The average Bonchev–Trinajstić information content (AvgIpc) is 2.53. The lowest BCUT2D eigenvalue weighted by Gasteiger charge is -2.27. The van der Waals surface area contributed by atoms with Gasteiger partial charge in [0.05, 0.1) is 42.4 Å². The van der Waals surface area contributed by atoms with Gasteiger partial charge in [-0.1, -0.05) is 12.1 Å². The van der Waals surface area contributed by atoms with Crippen molar-refractivity contribution in [2.75, 3.05) is 14.2 Å². The van der Waals surface area contributed by atoms with Gasteiger partial charge >= 0.3 is 5.97 Å². The largest absolute Gasteiger partial charge is 0.497 e. The van der Waals surface area contributed by atoms with Crippen LogP contribution in [-0.2, 0) is 9.53 Å². The van der Waals surface area contributed by atoms with Gasteiger partial charge < -0.3 is 14.8 Å². The second kappa shape index (κ2) is 6.58. The molecular formula is C16H16N2O3S. The third-order valence-electron chi connectivity index (χ3n) is 3.52. The lowest BCUT2D eigenvalue weighted by atomic mass is 9.82. The molecule has 0 aromatic heterocycles. The first-order valence-electron chi connectivity index (χ1n) is 6.56. The number of hydrogen-bond acceptors (Lipinski definition) is 6. The Kier molecular flexibility index (Phi) is 4.78. The van der Waals surface area contributed by atoms with Crippen LogP contribution in [0, 0.1) is 11.3 Å². The first-order valence-corrected chi connectivity index (χ1v) is 7.01. The van der Waals surface area contributed by atoms with E-state index in [2.05, 4.69) is 24.0 Å². The topological polar surface area (TPSA) is 71.3 Å². The molecule has 0 saturated carbocycles. The van der Waals surface area contributed by atoms with Crippen LogP contribution in [0.5, 0.6) is 5.75 Å². The zero-order chi connectivity index (χ0) is 16.3. The molecule has 0 aliphatic carbocycles. The van der Waals surface area contributed by atoms with Crippen molar-refractivity contribution < 1.29 is 14.3 Å². The number of methoxy groups -OCH3 is 2. The van der Waals surface area contributed by atoms with E-state index in [1.165, 1.54) is 7.11 Å². The molecule has 2 rings (SSSR count). The Morgan fingerprint density at radius 1 is 1.32 bits per heavy atom. The van der Waals surface area contributed by atoms with Crippen LogP contribution in [0.4, 0.5) is 0 Å². The van der Waals surface area contributed by atoms with Crippen molar-refractivity contribution in [3.8, 4) is 11.8 Å². The Labute approximate surface area is 134 Å². The standard InChI is InChI=1S/C16H16N2O3S/c1-9-13(16(19)21-3)14(12(8-17)15(22)18-9)10-4-6-11(20-2)7-5-10/h4-7,14,18,22H,1-3H3/t14-/m0/s1. The molecule has 1 aliphatic rings. The summed E-state index contributed by atoms with van der Waals surface area (Å²) in [7, 11) is 2.90. The molecule has 6 heteroatoms. The Balaban J connectivity index is 2.59. The van der Waals surface area contributed by atoms with Crippen LogP contribution in [0.1, 0.15) is 18.4 Å². The summed E-state index contributed by atoms with van der Waals surface area (Å²) in [4.78, 5) is 12.2. The summed E-state index contributed by atoms with van der Waals surface area (Å²) in [5.74, 6) is -0.289. The monoisotopic (exact) mass is 316 g/mol. The summed E-state index contributed by atoms with van der Waals surface area (Å²) in [6, 6.07) is 9.35. The maximum atomic E-state index is 12.2. The number of nitriles is 1. The maximum absolute atomic E-state index is 12.2. The minimum atomic E-state index is -0.517. The van der Waals surface area contributed by atoms with E-state index < -0.39 is 11.9 Å². The quantitative estimate of drug-likeness (QED) is 0.662. The molecule has 5 nitrogen and oxygen atoms in total. The van der Waals surface area contributed by atoms with Gasteiger partial charge in [0, 0.05) is 5.70 Å². The van der Waals surface area contributed by atoms with Crippen LogP contribution in [0.2, 0.25) is 0 Å². The predicted molar refractivity (Wildman–Crippen MR) is 85.2 cm³/mol. The van der Waals surface area contributed by atoms with Gasteiger partial charge in [-0.25, -0.2) is 4.79 Å². The van der Waals surface area contributed by atoms with Gasteiger partial charge in [0.25, 0.3) is 0 Å². The van der Waals surface area contributed by atoms with Crippen molar-refractivity contribution >= 4 is 18.6 Å². The van der Waals surface area contributed by atoms with Gasteiger partial charge in [-0.3, -0.25) is 0 Å². The van der Waals surface area contributed by atoms with Crippen LogP contribution in [0.25, 0.3) is 0 Å². The zero-order valence-corrected chi connectivity index (χ0v) is 13.4. The molecule has 0 saturated heterocycles. The van der Waals surface area contributed by atoms with E-state index in [1.807, 2.05) is 12.1 Å². The number of nitrogens with zero attached hydrogens (tertiary/aromatic N) is 1. The Morgan fingerprint density at radius 3 is 2.45 bits per heavy atom. The molecule has 1 aromatic carbocycles. The minimum absolute atomic E-state index is 0.375. The van der Waals surface area contributed by atoms with Crippen LogP contribution >= 0.6 is 12.6 Å². The lowest BCUT2D eigenvalue weighted by Crippen LogP contribution is -2.27. The Hall–Kier alpha value is -2.39. The molecule has 1 aliphatic heterocycles. The second-order valence-electron chi connectivity index (χ2n) is 4.74. The SMILES string of the molecule is COC(=O)C1=C(C)NC(S)=C(C#N)[C@@H]1c1ccc(OC)cc1. The van der Waals surface area contributed by atoms with Gasteiger partial charge in [-0.05, 0) is 24.6 Å². The summed E-state index contributed by atoms with van der Waals surface area (Å²) >= 11 is 4.32. The number of nitrogens with one attached hydrogen (secondary N) is 1. The number of benzene rings is 1. The molecule has 0 spiro atoms. The van der Waals surface area contributed by atoms with E-state index in [1.54, 1.807) is 26.2 Å². The van der Waals surface area contributed by atoms with Crippen molar-refractivity contribution in [1.29, 1.82) is 5.26 Å². The summed E-state index contributed by atoms with van der Waals surface area (Å²) < 4.78 is 10.0. The molecule has 0 amide bonds. The highest BCUT2D eigenvalue weighted by Crippen LogP contribution is 2.39. The molecule has 0 radical (unpaired) electrons. The number of hydrogen-bond donors (Lipinski definition) is 2.